The van der Waals surface area contributed by atoms with Gasteiger partial charge in [-0.05, 0) is 13.8 Å². The van der Waals surface area contributed by atoms with Gasteiger partial charge < -0.3 is 16.8 Å². The van der Waals surface area contributed by atoms with Crippen molar-refractivity contribution in [2.75, 3.05) is 13.6 Å². The number of amidine groups is 1. The van der Waals surface area contributed by atoms with Crippen LogP contribution in [0.1, 0.15) is 13.8 Å². The van der Waals surface area contributed by atoms with E-state index in [4.69, 9.17) is 11.5 Å². The Morgan fingerprint density at radius 1 is 1.45 bits per heavy atom. The number of aliphatic imine (C=N–C) groups is 1. The SMILES string of the molecule is CCN/C(C)=C(\N)C(N)=NC. The molecule has 64 valence electrons. The van der Waals surface area contributed by atoms with E-state index in [1.165, 1.54) is 0 Å². The number of nitrogens with one attached hydrogen (secondary N) is 1. The van der Waals surface area contributed by atoms with Crippen molar-refractivity contribution in [1.82, 2.24) is 5.32 Å². The largest absolute Gasteiger partial charge is 0.394 e. The molecule has 0 aromatic rings. The average Bonchev–Trinajstić information content (AvgIpc) is 2.02. The second-order valence-electron chi connectivity index (χ2n) is 2.18. The van der Waals surface area contributed by atoms with Crippen LogP contribution < -0.4 is 16.8 Å². The third-order valence-corrected chi connectivity index (χ3v) is 1.36. The molecule has 0 bridgehead atoms. The van der Waals surface area contributed by atoms with Crippen molar-refractivity contribution in [3.05, 3.63) is 11.4 Å². The molecular weight excluding hydrogens is 140 g/mol. The van der Waals surface area contributed by atoms with E-state index in [1.54, 1.807) is 7.05 Å². The standard InChI is InChI=1S/C7H16N4/c1-4-11-5(2)6(8)7(9)10-3/h11H,4,8H2,1-3H3,(H2,9,10)/b6-5-. The van der Waals surface area contributed by atoms with E-state index in [1.807, 2.05) is 13.8 Å². The molecule has 0 fully saturated rings. The lowest BCUT2D eigenvalue weighted by Crippen LogP contribution is -2.26. The fraction of sp³-hybridized carbons (Fsp3) is 0.571. The second-order valence-corrected chi connectivity index (χ2v) is 2.18. The molecule has 0 radical (unpaired) electrons. The number of nitrogens with two attached hydrogens (primary N) is 2. The Balaban J connectivity index is 4.39. The summed E-state index contributed by atoms with van der Waals surface area (Å²) in [5, 5.41) is 3.05. The van der Waals surface area contributed by atoms with Gasteiger partial charge in [-0.2, -0.15) is 0 Å². The van der Waals surface area contributed by atoms with Gasteiger partial charge in [-0.3, -0.25) is 4.99 Å². The van der Waals surface area contributed by atoms with Crippen molar-refractivity contribution in [2.24, 2.45) is 16.5 Å². The summed E-state index contributed by atoms with van der Waals surface area (Å²) in [6.07, 6.45) is 0. The van der Waals surface area contributed by atoms with E-state index >= 15 is 0 Å². The fourth-order valence-corrected chi connectivity index (χ4v) is 0.673. The van der Waals surface area contributed by atoms with Gasteiger partial charge in [0.2, 0.25) is 0 Å². The number of hydrogen-bond acceptors (Lipinski definition) is 3. The number of rotatable bonds is 3. The van der Waals surface area contributed by atoms with Crippen molar-refractivity contribution in [3.63, 3.8) is 0 Å². The highest BCUT2D eigenvalue weighted by atomic mass is 14.9. The third-order valence-electron chi connectivity index (χ3n) is 1.36. The van der Waals surface area contributed by atoms with Crippen molar-refractivity contribution in [1.29, 1.82) is 0 Å². The van der Waals surface area contributed by atoms with Crippen LogP contribution >= 0.6 is 0 Å². The zero-order valence-corrected chi connectivity index (χ0v) is 7.31. The smallest absolute Gasteiger partial charge is 0.143 e. The molecule has 0 aliphatic rings. The molecule has 0 amide bonds. The molecule has 5 N–H and O–H groups in total. The zero-order chi connectivity index (χ0) is 8.85. The normalized spacial score (nSPS) is 14.3. The van der Waals surface area contributed by atoms with Gasteiger partial charge in [0.15, 0.2) is 0 Å². The summed E-state index contributed by atoms with van der Waals surface area (Å²) < 4.78 is 0. The highest BCUT2D eigenvalue weighted by Crippen LogP contribution is 1.92. The molecule has 0 aromatic carbocycles. The Kier molecular flexibility index (Phi) is 4.10. The minimum Gasteiger partial charge on any atom is -0.394 e. The lowest BCUT2D eigenvalue weighted by atomic mass is 10.3. The van der Waals surface area contributed by atoms with E-state index in [0.29, 0.717) is 11.5 Å². The van der Waals surface area contributed by atoms with Crippen LogP contribution in [-0.4, -0.2) is 19.4 Å². The molecule has 0 unspecified atom stereocenters. The summed E-state index contributed by atoms with van der Waals surface area (Å²) in [7, 11) is 1.61. The van der Waals surface area contributed by atoms with E-state index in [-0.39, 0.29) is 0 Å². The highest BCUT2D eigenvalue weighted by Gasteiger charge is 1.99. The first-order valence-electron chi connectivity index (χ1n) is 3.56. The van der Waals surface area contributed by atoms with Gasteiger partial charge in [0, 0.05) is 19.3 Å². The number of hydrogen-bond donors (Lipinski definition) is 3. The lowest BCUT2D eigenvalue weighted by Gasteiger charge is -2.07. The van der Waals surface area contributed by atoms with Crippen LogP contribution in [0.4, 0.5) is 0 Å². The summed E-state index contributed by atoms with van der Waals surface area (Å²) in [4.78, 5) is 3.76. The average molecular weight is 156 g/mol. The quantitative estimate of drug-likeness (QED) is 0.390. The van der Waals surface area contributed by atoms with Crippen molar-refractivity contribution >= 4 is 5.84 Å². The molecule has 0 saturated heterocycles. The maximum absolute atomic E-state index is 5.62. The van der Waals surface area contributed by atoms with Gasteiger partial charge >= 0.3 is 0 Å². The topological polar surface area (TPSA) is 76.4 Å². The molecule has 0 aromatic heterocycles. The number of allylic oxidation sites excluding steroid dienone is 1. The van der Waals surface area contributed by atoms with Gasteiger partial charge in [-0.15, -0.1) is 0 Å². The molecule has 0 aliphatic heterocycles. The molecule has 0 atom stereocenters. The summed E-state index contributed by atoms with van der Waals surface area (Å²) in [6.45, 7) is 4.70. The molecule has 0 saturated carbocycles. The van der Waals surface area contributed by atoms with E-state index < -0.39 is 0 Å². The summed E-state index contributed by atoms with van der Waals surface area (Å²) >= 11 is 0. The first-order valence-corrected chi connectivity index (χ1v) is 3.56. The maximum atomic E-state index is 5.62. The Labute approximate surface area is 67.4 Å². The summed E-state index contributed by atoms with van der Waals surface area (Å²) in [6, 6.07) is 0. The number of nitrogens with zero attached hydrogens (tertiary/aromatic N) is 1. The maximum Gasteiger partial charge on any atom is 0.143 e. The van der Waals surface area contributed by atoms with E-state index in [0.717, 1.165) is 12.2 Å². The highest BCUT2D eigenvalue weighted by molar-refractivity contribution is 5.96. The monoisotopic (exact) mass is 156 g/mol. The Morgan fingerprint density at radius 3 is 2.36 bits per heavy atom. The minimum atomic E-state index is 0.378. The fourth-order valence-electron chi connectivity index (χ4n) is 0.673. The predicted octanol–water partition coefficient (Wildman–Crippen LogP) is -0.227. The first kappa shape index (κ1) is 9.81. The van der Waals surface area contributed by atoms with Crippen LogP contribution in [0.2, 0.25) is 0 Å². The Morgan fingerprint density at radius 2 is 2.00 bits per heavy atom. The van der Waals surface area contributed by atoms with Crippen LogP contribution in [-0.2, 0) is 0 Å². The third kappa shape index (κ3) is 2.93. The molecule has 0 aliphatic carbocycles. The molecular formula is C7H16N4. The zero-order valence-electron chi connectivity index (χ0n) is 7.31. The first-order chi connectivity index (χ1) is 5.13. The van der Waals surface area contributed by atoms with Crippen LogP contribution in [0.3, 0.4) is 0 Å². The van der Waals surface area contributed by atoms with Crippen LogP contribution in [0, 0.1) is 0 Å². The van der Waals surface area contributed by atoms with Crippen molar-refractivity contribution < 1.29 is 0 Å². The van der Waals surface area contributed by atoms with Gasteiger partial charge in [-0.1, -0.05) is 0 Å². The van der Waals surface area contributed by atoms with Crippen LogP contribution in [0.5, 0.6) is 0 Å². The Hall–Kier alpha value is -1.19. The van der Waals surface area contributed by atoms with E-state index in [2.05, 4.69) is 10.3 Å². The molecule has 0 heterocycles. The van der Waals surface area contributed by atoms with Crippen LogP contribution in [0.15, 0.2) is 16.4 Å². The van der Waals surface area contributed by atoms with Crippen molar-refractivity contribution in [2.45, 2.75) is 13.8 Å². The summed E-state index contributed by atoms with van der Waals surface area (Å²) in [5.74, 6) is 0.378. The molecule has 0 rings (SSSR count). The minimum absolute atomic E-state index is 0.378. The molecule has 4 heteroatoms. The molecule has 4 nitrogen and oxygen atoms in total. The molecule has 0 spiro atoms. The van der Waals surface area contributed by atoms with E-state index in [9.17, 15) is 0 Å². The second kappa shape index (κ2) is 4.60. The van der Waals surface area contributed by atoms with Gasteiger partial charge in [0.1, 0.15) is 5.84 Å². The van der Waals surface area contributed by atoms with Gasteiger partial charge in [0.25, 0.3) is 0 Å². The van der Waals surface area contributed by atoms with Gasteiger partial charge in [-0.25, -0.2) is 0 Å². The molecule has 11 heavy (non-hydrogen) atoms. The van der Waals surface area contributed by atoms with Crippen molar-refractivity contribution in [3.8, 4) is 0 Å². The summed E-state index contributed by atoms with van der Waals surface area (Å²) in [5.41, 5.74) is 12.5. The predicted molar refractivity (Wildman–Crippen MR) is 48.1 cm³/mol. The van der Waals surface area contributed by atoms with Gasteiger partial charge in [0.05, 0.1) is 5.70 Å². The lowest BCUT2D eigenvalue weighted by molar-refractivity contribution is 0.843. The van der Waals surface area contributed by atoms with Crippen LogP contribution in [0.25, 0.3) is 0 Å². The Bertz CT molecular complexity index is 181.